The molecule has 0 aromatic carbocycles. The summed E-state index contributed by atoms with van der Waals surface area (Å²) in [5, 5.41) is 10.8. The van der Waals surface area contributed by atoms with Crippen LogP contribution in [0.4, 0.5) is 4.39 Å². The van der Waals surface area contributed by atoms with Gasteiger partial charge in [-0.2, -0.15) is 4.39 Å². The number of rotatable bonds is 1. The summed E-state index contributed by atoms with van der Waals surface area (Å²) in [5.74, 6) is -0.409. The molecule has 0 aliphatic heterocycles. The van der Waals surface area contributed by atoms with Crippen molar-refractivity contribution in [3.05, 3.63) is 29.8 Å². The summed E-state index contributed by atoms with van der Waals surface area (Å²) in [5.41, 5.74) is 0.269. The molecule has 0 unspecified atom stereocenters. The first-order valence-electron chi connectivity index (χ1n) is 3.06. The second kappa shape index (κ2) is 4.66. The summed E-state index contributed by atoms with van der Waals surface area (Å²) < 4.78 is 14.4. The normalized spacial score (nSPS) is 9.83. The highest BCUT2D eigenvalue weighted by molar-refractivity contribution is 5.78. The summed E-state index contributed by atoms with van der Waals surface area (Å²) >= 11 is 0. The van der Waals surface area contributed by atoms with Crippen molar-refractivity contribution >= 4 is 6.21 Å². The van der Waals surface area contributed by atoms with E-state index < -0.39 is 5.82 Å². The van der Waals surface area contributed by atoms with Gasteiger partial charge in [-0.1, -0.05) is 5.16 Å². The minimum atomic E-state index is -0.409. The lowest BCUT2D eigenvalue weighted by Gasteiger charge is -1.91. The molecule has 5 heteroatoms. The van der Waals surface area contributed by atoms with Gasteiger partial charge in [0.2, 0.25) is 6.20 Å². The van der Waals surface area contributed by atoms with Crippen LogP contribution >= 0.6 is 0 Å². The second-order valence-corrected chi connectivity index (χ2v) is 2.16. The number of hydrogen-bond acceptors (Lipinski definition) is 2. The van der Waals surface area contributed by atoms with E-state index >= 15 is 0 Å². The number of nitrogens with zero attached hydrogens (tertiary/aromatic N) is 2. The van der Waals surface area contributed by atoms with Crippen LogP contribution in [0.5, 0.6) is 0 Å². The number of aromatic nitrogens is 1. The molecule has 0 bridgehead atoms. The highest BCUT2D eigenvalue weighted by Gasteiger charge is 2.03. The Morgan fingerprint density at radius 3 is 2.83 bits per heavy atom. The van der Waals surface area contributed by atoms with Gasteiger partial charge in [0, 0.05) is 11.6 Å². The fourth-order valence-electron chi connectivity index (χ4n) is 0.741. The monoisotopic (exact) mass is 190 g/mol. The van der Waals surface area contributed by atoms with Crippen LogP contribution < -0.4 is 17.0 Å². The van der Waals surface area contributed by atoms with Crippen molar-refractivity contribution in [1.82, 2.24) is 0 Å². The Bertz CT molecular complexity index is 291. The lowest BCUT2D eigenvalue weighted by atomic mass is 10.3. The van der Waals surface area contributed by atoms with Crippen LogP contribution in [0.15, 0.2) is 23.6 Å². The van der Waals surface area contributed by atoms with Gasteiger partial charge >= 0.3 is 0 Å². The van der Waals surface area contributed by atoms with E-state index in [2.05, 4.69) is 5.16 Å². The molecule has 12 heavy (non-hydrogen) atoms. The molecule has 1 rings (SSSR count). The van der Waals surface area contributed by atoms with Crippen molar-refractivity contribution in [3.8, 4) is 0 Å². The molecule has 1 heterocycles. The molecule has 0 spiro atoms. The van der Waals surface area contributed by atoms with Gasteiger partial charge in [-0.05, 0) is 0 Å². The average molecular weight is 191 g/mol. The predicted octanol–water partition coefficient (Wildman–Crippen LogP) is -2.54. The molecule has 0 amide bonds. The number of aryl methyl sites for hydroxylation is 1. The van der Waals surface area contributed by atoms with Crippen molar-refractivity contribution in [2.75, 3.05) is 0 Å². The molecule has 3 nitrogen and oxygen atoms in total. The molecule has 0 aliphatic carbocycles. The minimum Gasteiger partial charge on any atom is -1.00 e. The first-order valence-corrected chi connectivity index (χ1v) is 3.06. The van der Waals surface area contributed by atoms with Gasteiger partial charge in [-0.25, -0.2) is 4.57 Å². The number of hydrogen-bond donors (Lipinski definition) is 1. The van der Waals surface area contributed by atoms with E-state index in [0.717, 1.165) is 6.21 Å². The molecule has 0 radical (unpaired) electrons. The molecule has 1 aromatic rings. The zero-order valence-electron chi connectivity index (χ0n) is 6.41. The minimum absolute atomic E-state index is 0. The highest BCUT2D eigenvalue weighted by atomic mass is 35.5. The Labute approximate surface area is 75.6 Å². The molecule has 1 aromatic heterocycles. The Morgan fingerprint density at radius 1 is 1.67 bits per heavy atom. The Morgan fingerprint density at radius 2 is 2.33 bits per heavy atom. The zero-order valence-corrected chi connectivity index (χ0v) is 7.16. The third-order valence-electron chi connectivity index (χ3n) is 1.28. The van der Waals surface area contributed by atoms with E-state index in [0.29, 0.717) is 0 Å². The van der Waals surface area contributed by atoms with E-state index in [1.54, 1.807) is 17.8 Å². The van der Waals surface area contributed by atoms with Crippen LogP contribution in [0.2, 0.25) is 0 Å². The first-order chi connectivity index (χ1) is 5.24. The summed E-state index contributed by atoms with van der Waals surface area (Å²) in [7, 11) is 1.71. The van der Waals surface area contributed by atoms with Gasteiger partial charge in [-0.3, -0.25) is 0 Å². The predicted molar refractivity (Wildman–Crippen MR) is 37.0 cm³/mol. The van der Waals surface area contributed by atoms with Crippen LogP contribution in [0.3, 0.4) is 0 Å². The van der Waals surface area contributed by atoms with Crippen LogP contribution in [0, 0.1) is 5.82 Å². The van der Waals surface area contributed by atoms with Crippen LogP contribution in [0.25, 0.3) is 0 Å². The second-order valence-electron chi connectivity index (χ2n) is 2.16. The molecule has 0 saturated heterocycles. The molecule has 1 N–H and O–H groups in total. The lowest BCUT2D eigenvalue weighted by molar-refractivity contribution is -0.673. The fraction of sp³-hybridized carbons (Fsp3) is 0.143. The quantitative estimate of drug-likeness (QED) is 0.225. The smallest absolute Gasteiger partial charge is 0.205 e. The van der Waals surface area contributed by atoms with Crippen molar-refractivity contribution in [2.24, 2.45) is 12.2 Å². The maximum atomic E-state index is 12.8. The van der Waals surface area contributed by atoms with Crippen molar-refractivity contribution in [1.29, 1.82) is 0 Å². The van der Waals surface area contributed by atoms with Crippen LogP contribution in [0.1, 0.15) is 5.56 Å². The van der Waals surface area contributed by atoms with Gasteiger partial charge < -0.3 is 17.6 Å². The summed E-state index contributed by atoms with van der Waals surface area (Å²) in [6, 6.07) is 1.52. The molecule has 0 atom stereocenters. The maximum Gasteiger partial charge on any atom is 0.205 e. The Balaban J connectivity index is 0.00000121. The molecule has 0 aliphatic rings. The van der Waals surface area contributed by atoms with E-state index in [4.69, 9.17) is 5.21 Å². The van der Waals surface area contributed by atoms with E-state index in [1.807, 2.05) is 0 Å². The van der Waals surface area contributed by atoms with Crippen LogP contribution in [-0.4, -0.2) is 11.4 Å². The van der Waals surface area contributed by atoms with Gasteiger partial charge in [0.25, 0.3) is 0 Å². The molecule has 0 fully saturated rings. The summed E-state index contributed by atoms with van der Waals surface area (Å²) in [4.78, 5) is 0. The fourth-order valence-corrected chi connectivity index (χ4v) is 0.741. The zero-order chi connectivity index (χ0) is 8.27. The molecular weight excluding hydrogens is 183 g/mol. The van der Waals surface area contributed by atoms with E-state index in [1.165, 1.54) is 12.3 Å². The third-order valence-corrected chi connectivity index (χ3v) is 1.28. The van der Waals surface area contributed by atoms with Gasteiger partial charge in [0.1, 0.15) is 7.05 Å². The maximum absolute atomic E-state index is 12.8. The topological polar surface area (TPSA) is 36.5 Å². The largest absolute Gasteiger partial charge is 1.00 e. The van der Waals surface area contributed by atoms with Gasteiger partial charge in [-0.15, -0.1) is 0 Å². The van der Waals surface area contributed by atoms with Crippen molar-refractivity contribution in [2.45, 2.75) is 0 Å². The van der Waals surface area contributed by atoms with Crippen molar-refractivity contribution < 1.29 is 26.6 Å². The van der Waals surface area contributed by atoms with Gasteiger partial charge in [0.05, 0.1) is 6.21 Å². The standard InChI is InChI=1S/C7H7FN2O.ClH/c1-10-3-2-6(4-9-11)7(8)5-10;/h2-5H,1H3;1H. The molecular formula is C7H8ClFN2O. The number of pyridine rings is 1. The van der Waals surface area contributed by atoms with Crippen LogP contribution in [-0.2, 0) is 7.05 Å². The lowest BCUT2D eigenvalue weighted by Crippen LogP contribution is -3.00. The SMILES string of the molecule is C[n+]1ccc(/C=N/O)c(F)c1.[Cl-]. The first kappa shape index (κ1) is 10.8. The highest BCUT2D eigenvalue weighted by Crippen LogP contribution is 1.98. The number of oxime groups is 1. The van der Waals surface area contributed by atoms with Gasteiger partial charge in [0.15, 0.2) is 12.0 Å². The van der Waals surface area contributed by atoms with Crippen molar-refractivity contribution in [3.63, 3.8) is 0 Å². The average Bonchev–Trinajstić information content (AvgIpc) is 1.95. The molecule has 0 saturated carbocycles. The number of halogens is 2. The molecule has 66 valence electrons. The summed E-state index contributed by atoms with van der Waals surface area (Å²) in [6.45, 7) is 0. The third kappa shape index (κ3) is 2.47. The Kier molecular flexibility index (Phi) is 4.21. The Hall–Kier alpha value is -1.16. The van der Waals surface area contributed by atoms with E-state index in [9.17, 15) is 4.39 Å². The van der Waals surface area contributed by atoms with E-state index in [-0.39, 0.29) is 18.0 Å². The summed E-state index contributed by atoms with van der Waals surface area (Å²) in [6.07, 6.45) is 4.02.